The molecular weight excluding hydrogens is 396 g/mol. The summed E-state index contributed by atoms with van der Waals surface area (Å²) in [6.45, 7) is 6.58. The minimum Gasteiger partial charge on any atom is -0.382 e. The minimum atomic E-state index is -3.19. The zero-order chi connectivity index (χ0) is 21.3. The first-order chi connectivity index (χ1) is 14.3. The lowest BCUT2D eigenvalue weighted by molar-refractivity contribution is 0.327. The second-order valence-corrected chi connectivity index (χ2v) is 10.7. The third-order valence-electron chi connectivity index (χ3n) is 5.75. The van der Waals surface area contributed by atoms with E-state index in [9.17, 15) is 8.42 Å². The first-order valence-corrected chi connectivity index (χ1v) is 11.9. The van der Waals surface area contributed by atoms with Gasteiger partial charge in [-0.3, -0.25) is 9.97 Å². The number of nitrogens with zero attached hydrogens (tertiary/aromatic N) is 3. The fourth-order valence-corrected chi connectivity index (χ4v) is 5.30. The Hall–Kier alpha value is -2.51. The van der Waals surface area contributed by atoms with Crippen molar-refractivity contribution in [2.45, 2.75) is 44.9 Å². The summed E-state index contributed by atoms with van der Waals surface area (Å²) in [6, 6.07) is 10.7. The van der Waals surface area contributed by atoms with Crippen molar-refractivity contribution in [1.29, 1.82) is 0 Å². The van der Waals surface area contributed by atoms with Crippen molar-refractivity contribution in [1.82, 2.24) is 14.3 Å². The summed E-state index contributed by atoms with van der Waals surface area (Å²) in [5.74, 6) is 0. The number of aryl methyl sites for hydroxylation is 1. The molecule has 1 N–H and O–H groups in total. The quantitative estimate of drug-likeness (QED) is 0.664. The van der Waals surface area contributed by atoms with Gasteiger partial charge in [0.1, 0.15) is 0 Å². The summed E-state index contributed by atoms with van der Waals surface area (Å²) in [5, 5.41) is 5.49. The van der Waals surface area contributed by atoms with Gasteiger partial charge in [-0.05, 0) is 80.5 Å². The Kier molecular flexibility index (Phi) is 5.75. The van der Waals surface area contributed by atoms with Crippen LogP contribution in [-0.2, 0) is 10.0 Å². The maximum atomic E-state index is 12.4. The molecule has 0 bridgehead atoms. The first-order valence-electron chi connectivity index (χ1n) is 10.4. The van der Waals surface area contributed by atoms with E-state index in [4.69, 9.17) is 0 Å². The topological polar surface area (TPSA) is 75.2 Å². The number of anilines is 1. The number of nitrogens with one attached hydrogen (secondary N) is 1. The highest BCUT2D eigenvalue weighted by atomic mass is 32.2. The van der Waals surface area contributed by atoms with Crippen LogP contribution in [0.3, 0.4) is 0 Å². The van der Waals surface area contributed by atoms with Crippen LogP contribution in [0.4, 0.5) is 5.69 Å². The van der Waals surface area contributed by atoms with E-state index in [0.717, 1.165) is 46.1 Å². The molecule has 1 fully saturated rings. The molecule has 0 atom stereocenters. The van der Waals surface area contributed by atoms with Crippen molar-refractivity contribution < 1.29 is 8.42 Å². The van der Waals surface area contributed by atoms with Gasteiger partial charge < -0.3 is 5.32 Å². The Bertz CT molecular complexity index is 1150. The summed E-state index contributed by atoms with van der Waals surface area (Å²) in [4.78, 5) is 8.61. The van der Waals surface area contributed by atoms with Crippen molar-refractivity contribution in [3.63, 3.8) is 0 Å². The Balaban J connectivity index is 1.60. The summed E-state index contributed by atoms with van der Waals surface area (Å²) in [6.07, 6.45) is 7.10. The van der Waals surface area contributed by atoms with Crippen LogP contribution >= 0.6 is 0 Å². The number of rotatable bonds is 5. The molecule has 2 aromatic heterocycles. The monoisotopic (exact) mass is 424 g/mol. The number of hydrogen-bond donors (Lipinski definition) is 1. The lowest BCUT2D eigenvalue weighted by Gasteiger charge is -2.33. The first kappa shape index (κ1) is 20.8. The largest absolute Gasteiger partial charge is 0.382 e. The molecule has 0 aliphatic carbocycles. The normalized spacial score (nSPS) is 16.3. The summed E-state index contributed by atoms with van der Waals surface area (Å²) in [7, 11) is -3.19. The highest BCUT2D eigenvalue weighted by Crippen LogP contribution is 2.32. The minimum absolute atomic E-state index is 0.224. The van der Waals surface area contributed by atoms with E-state index >= 15 is 0 Å². The second-order valence-electron chi connectivity index (χ2n) is 8.22. The smallest absolute Gasteiger partial charge is 0.216 e. The van der Waals surface area contributed by atoms with Gasteiger partial charge in [0.25, 0.3) is 0 Å². The maximum Gasteiger partial charge on any atom is 0.216 e. The van der Waals surface area contributed by atoms with Gasteiger partial charge in [-0.25, -0.2) is 12.7 Å². The Morgan fingerprint density at radius 3 is 2.53 bits per heavy atom. The average molecular weight is 425 g/mol. The Labute approximate surface area is 178 Å². The fourth-order valence-electron chi connectivity index (χ4n) is 3.98. The van der Waals surface area contributed by atoms with Crippen molar-refractivity contribution >= 4 is 26.5 Å². The molecule has 3 aromatic rings. The highest BCUT2D eigenvalue weighted by molar-refractivity contribution is 7.89. The zero-order valence-corrected chi connectivity index (χ0v) is 18.5. The Morgan fingerprint density at radius 1 is 1.07 bits per heavy atom. The lowest BCUT2D eigenvalue weighted by atomic mass is 9.99. The van der Waals surface area contributed by atoms with Gasteiger partial charge in [0.05, 0.1) is 5.25 Å². The number of pyridine rings is 2. The molecular formula is C23H28N4O2S. The highest BCUT2D eigenvalue weighted by Gasteiger charge is 2.30. The number of hydrogen-bond acceptors (Lipinski definition) is 5. The van der Waals surface area contributed by atoms with Crippen LogP contribution in [0.15, 0.2) is 48.9 Å². The van der Waals surface area contributed by atoms with Gasteiger partial charge in [0.2, 0.25) is 10.0 Å². The molecule has 0 amide bonds. The van der Waals surface area contributed by atoms with Crippen LogP contribution in [-0.4, -0.2) is 47.1 Å². The predicted molar refractivity (Wildman–Crippen MR) is 122 cm³/mol. The number of aromatic nitrogens is 2. The summed E-state index contributed by atoms with van der Waals surface area (Å²) in [5.41, 5.74) is 4.27. The van der Waals surface area contributed by atoms with E-state index in [0.29, 0.717) is 13.1 Å². The molecule has 0 saturated carbocycles. The Morgan fingerprint density at radius 2 is 1.83 bits per heavy atom. The van der Waals surface area contributed by atoms with Crippen LogP contribution in [0.1, 0.15) is 32.4 Å². The van der Waals surface area contributed by atoms with Gasteiger partial charge in [-0.1, -0.05) is 0 Å². The van der Waals surface area contributed by atoms with E-state index in [1.165, 1.54) is 0 Å². The SMILES string of the molecule is Cc1cc(-c2cc(NC3CCN(S(=O)(=O)C(C)C)CC3)c3cnccc3c2)ccn1. The van der Waals surface area contributed by atoms with Crippen LogP contribution in [0.2, 0.25) is 0 Å². The van der Waals surface area contributed by atoms with Crippen molar-refractivity contribution in [3.05, 3.63) is 54.6 Å². The molecule has 158 valence electrons. The predicted octanol–water partition coefficient (Wildman–Crippen LogP) is 4.22. The molecule has 3 heterocycles. The van der Waals surface area contributed by atoms with Crippen LogP contribution in [0, 0.1) is 6.92 Å². The number of sulfonamides is 1. The number of fused-ring (bicyclic) bond motifs is 1. The molecule has 4 rings (SSSR count). The average Bonchev–Trinajstić information content (AvgIpc) is 2.74. The maximum absolute atomic E-state index is 12.4. The molecule has 1 aliphatic heterocycles. The fraction of sp³-hybridized carbons (Fsp3) is 0.391. The molecule has 0 radical (unpaired) electrons. The molecule has 1 aliphatic rings. The molecule has 30 heavy (non-hydrogen) atoms. The molecule has 1 saturated heterocycles. The van der Waals surface area contributed by atoms with Gasteiger partial charge >= 0.3 is 0 Å². The molecule has 6 nitrogen and oxygen atoms in total. The van der Waals surface area contributed by atoms with Crippen molar-refractivity contribution in [2.24, 2.45) is 0 Å². The van der Waals surface area contributed by atoms with E-state index < -0.39 is 10.0 Å². The third-order valence-corrected chi connectivity index (χ3v) is 8.03. The van der Waals surface area contributed by atoms with E-state index in [1.54, 1.807) is 18.2 Å². The van der Waals surface area contributed by atoms with E-state index in [-0.39, 0.29) is 11.3 Å². The van der Waals surface area contributed by atoms with Gasteiger partial charge in [-0.2, -0.15) is 0 Å². The molecule has 7 heteroatoms. The van der Waals surface area contributed by atoms with E-state index in [1.807, 2.05) is 37.6 Å². The second kappa shape index (κ2) is 8.32. The zero-order valence-electron chi connectivity index (χ0n) is 17.7. The summed E-state index contributed by atoms with van der Waals surface area (Å²) < 4.78 is 26.5. The molecule has 0 spiro atoms. The van der Waals surface area contributed by atoms with Gasteiger partial charge in [0.15, 0.2) is 0 Å². The van der Waals surface area contributed by atoms with Gasteiger partial charge in [-0.15, -0.1) is 0 Å². The molecule has 1 aromatic carbocycles. The van der Waals surface area contributed by atoms with Crippen molar-refractivity contribution in [2.75, 3.05) is 18.4 Å². The van der Waals surface area contributed by atoms with Crippen molar-refractivity contribution in [3.8, 4) is 11.1 Å². The van der Waals surface area contributed by atoms with Gasteiger partial charge in [0, 0.05) is 54.5 Å². The van der Waals surface area contributed by atoms with Crippen LogP contribution in [0.5, 0.6) is 0 Å². The molecule has 0 unspecified atom stereocenters. The number of piperidine rings is 1. The van der Waals surface area contributed by atoms with E-state index in [2.05, 4.69) is 33.5 Å². The van der Waals surface area contributed by atoms with Crippen LogP contribution < -0.4 is 5.32 Å². The standard InChI is InChI=1S/C23H28N4O2S/c1-16(2)30(28,29)27-10-6-21(7-11-27)26-23-14-20(18-5-9-25-17(3)12-18)13-19-4-8-24-15-22(19)23/h4-5,8-9,12-16,21,26H,6-7,10-11H2,1-3H3. The lowest BCUT2D eigenvalue weighted by Crippen LogP contribution is -2.44. The third kappa shape index (κ3) is 4.18. The van der Waals surface area contributed by atoms with Crippen LogP contribution in [0.25, 0.3) is 21.9 Å². The number of benzene rings is 1. The summed E-state index contributed by atoms with van der Waals surface area (Å²) >= 11 is 0.